The summed E-state index contributed by atoms with van der Waals surface area (Å²) >= 11 is 1.49. The number of nitrogens with zero attached hydrogens (tertiary/aromatic N) is 4. The van der Waals surface area contributed by atoms with Crippen LogP contribution in [0.15, 0.2) is 36.1 Å². The first-order valence-electron chi connectivity index (χ1n) is 8.26. The van der Waals surface area contributed by atoms with Gasteiger partial charge >= 0.3 is 0 Å². The number of amides is 1. The fraction of sp³-hybridized carbons (Fsp3) is 0.529. The number of thiazole rings is 1. The summed E-state index contributed by atoms with van der Waals surface area (Å²) in [6.45, 7) is 5.09. The summed E-state index contributed by atoms with van der Waals surface area (Å²) in [5.41, 5.74) is 0. The molecule has 1 aliphatic rings. The van der Waals surface area contributed by atoms with E-state index in [1.165, 1.54) is 11.3 Å². The first-order valence-corrected chi connectivity index (χ1v) is 9.14. The number of rotatable bonds is 6. The standard InChI is InChI=1S/C17H24N4O2S/c1-14(20-6-3-4-7-20)11-16(22)21(17-18-5-10-24-17)13-15-12-19(2)8-9-23-15/h3-7,10,14-15H,8-9,11-13H2,1-2H3. The molecule has 1 fully saturated rings. The molecule has 0 aliphatic carbocycles. The van der Waals surface area contributed by atoms with E-state index in [-0.39, 0.29) is 18.1 Å². The minimum Gasteiger partial charge on any atom is -0.374 e. The molecule has 0 aromatic carbocycles. The number of hydrogen-bond acceptors (Lipinski definition) is 5. The van der Waals surface area contributed by atoms with Gasteiger partial charge < -0.3 is 14.2 Å². The molecular formula is C17H24N4O2S. The van der Waals surface area contributed by atoms with E-state index in [0.717, 1.165) is 18.2 Å². The second-order valence-electron chi connectivity index (χ2n) is 6.26. The monoisotopic (exact) mass is 348 g/mol. The van der Waals surface area contributed by atoms with Crippen molar-refractivity contribution in [3.8, 4) is 0 Å². The Bertz CT molecular complexity index is 629. The lowest BCUT2D eigenvalue weighted by atomic mass is 10.2. The summed E-state index contributed by atoms with van der Waals surface area (Å²) < 4.78 is 7.90. The normalized spacial score (nSPS) is 20.0. The van der Waals surface area contributed by atoms with Crippen molar-refractivity contribution in [2.24, 2.45) is 0 Å². The number of ether oxygens (including phenoxy) is 1. The van der Waals surface area contributed by atoms with Crippen molar-refractivity contribution in [3.05, 3.63) is 36.1 Å². The zero-order valence-electron chi connectivity index (χ0n) is 14.2. The second-order valence-corrected chi connectivity index (χ2v) is 7.13. The number of likely N-dealkylation sites (N-methyl/N-ethyl adjacent to an activating group) is 1. The Labute approximate surface area is 146 Å². The average molecular weight is 348 g/mol. The van der Waals surface area contributed by atoms with Crippen LogP contribution in [0.2, 0.25) is 0 Å². The summed E-state index contributed by atoms with van der Waals surface area (Å²) in [6.07, 6.45) is 6.19. The van der Waals surface area contributed by atoms with Crippen LogP contribution in [0.3, 0.4) is 0 Å². The minimum absolute atomic E-state index is 0.0264. The lowest BCUT2D eigenvalue weighted by Gasteiger charge is -2.33. The molecule has 1 aliphatic heterocycles. The van der Waals surface area contributed by atoms with E-state index in [4.69, 9.17) is 4.74 Å². The van der Waals surface area contributed by atoms with Gasteiger partial charge in [-0.1, -0.05) is 0 Å². The molecular weight excluding hydrogens is 324 g/mol. The SMILES string of the molecule is CC(CC(=O)N(CC1CN(C)CCO1)c1nccs1)n1cccc1. The van der Waals surface area contributed by atoms with Gasteiger partial charge in [0.05, 0.1) is 19.3 Å². The molecule has 1 saturated heterocycles. The Hall–Kier alpha value is -1.70. The summed E-state index contributed by atoms with van der Waals surface area (Å²) in [5.74, 6) is 0.0861. The van der Waals surface area contributed by atoms with Crippen molar-refractivity contribution in [2.75, 3.05) is 38.2 Å². The van der Waals surface area contributed by atoms with Crippen molar-refractivity contribution in [3.63, 3.8) is 0 Å². The van der Waals surface area contributed by atoms with E-state index in [1.807, 2.05) is 29.9 Å². The maximum absolute atomic E-state index is 12.9. The highest BCUT2D eigenvalue weighted by Crippen LogP contribution is 2.22. The van der Waals surface area contributed by atoms with Crippen LogP contribution in [0.4, 0.5) is 5.13 Å². The maximum Gasteiger partial charge on any atom is 0.230 e. The van der Waals surface area contributed by atoms with Crippen LogP contribution in [0.1, 0.15) is 19.4 Å². The van der Waals surface area contributed by atoms with Crippen molar-refractivity contribution in [1.29, 1.82) is 0 Å². The van der Waals surface area contributed by atoms with Crippen LogP contribution in [0.5, 0.6) is 0 Å². The Kier molecular flexibility index (Phi) is 5.65. The number of morpholine rings is 1. The second kappa shape index (κ2) is 7.92. The molecule has 130 valence electrons. The third-order valence-electron chi connectivity index (χ3n) is 4.29. The van der Waals surface area contributed by atoms with Gasteiger partial charge in [0.25, 0.3) is 0 Å². The van der Waals surface area contributed by atoms with E-state index in [1.54, 1.807) is 11.1 Å². The van der Waals surface area contributed by atoms with Gasteiger partial charge in [-0.2, -0.15) is 0 Å². The topological polar surface area (TPSA) is 50.6 Å². The Morgan fingerprint density at radius 3 is 2.96 bits per heavy atom. The first-order chi connectivity index (χ1) is 11.6. The summed E-state index contributed by atoms with van der Waals surface area (Å²) in [7, 11) is 2.08. The molecule has 2 atom stereocenters. The van der Waals surface area contributed by atoms with E-state index in [2.05, 4.69) is 28.4 Å². The summed E-state index contributed by atoms with van der Waals surface area (Å²) in [4.78, 5) is 21.3. The number of carbonyl (C=O) groups excluding carboxylic acids is 1. The van der Waals surface area contributed by atoms with Crippen LogP contribution in [-0.2, 0) is 9.53 Å². The Balaban J connectivity index is 1.69. The van der Waals surface area contributed by atoms with Crippen molar-refractivity contribution >= 4 is 22.4 Å². The molecule has 7 heteroatoms. The highest BCUT2D eigenvalue weighted by Gasteiger charge is 2.27. The predicted molar refractivity (Wildman–Crippen MR) is 95.5 cm³/mol. The number of anilines is 1. The van der Waals surface area contributed by atoms with Gasteiger partial charge in [-0.3, -0.25) is 9.69 Å². The van der Waals surface area contributed by atoms with Crippen molar-refractivity contribution in [1.82, 2.24) is 14.5 Å². The lowest BCUT2D eigenvalue weighted by Crippen LogP contribution is -2.48. The highest BCUT2D eigenvalue weighted by molar-refractivity contribution is 7.13. The molecule has 2 aromatic heterocycles. The molecule has 2 aromatic rings. The highest BCUT2D eigenvalue weighted by atomic mass is 32.1. The van der Waals surface area contributed by atoms with Crippen molar-refractivity contribution in [2.45, 2.75) is 25.5 Å². The first kappa shape index (κ1) is 17.1. The zero-order valence-corrected chi connectivity index (χ0v) is 15.0. The molecule has 0 saturated carbocycles. The molecule has 3 rings (SSSR count). The fourth-order valence-corrected chi connectivity index (χ4v) is 3.60. The summed E-state index contributed by atoms with van der Waals surface area (Å²) in [6, 6.07) is 4.07. The third-order valence-corrected chi connectivity index (χ3v) is 5.08. The van der Waals surface area contributed by atoms with Crippen LogP contribution in [-0.4, -0.2) is 59.8 Å². The van der Waals surface area contributed by atoms with Gasteiger partial charge in [-0.05, 0) is 26.1 Å². The Morgan fingerprint density at radius 1 is 1.50 bits per heavy atom. The smallest absolute Gasteiger partial charge is 0.230 e. The van der Waals surface area contributed by atoms with Gasteiger partial charge in [0.15, 0.2) is 5.13 Å². The maximum atomic E-state index is 12.9. The molecule has 1 amide bonds. The molecule has 24 heavy (non-hydrogen) atoms. The van der Waals surface area contributed by atoms with E-state index >= 15 is 0 Å². The van der Waals surface area contributed by atoms with Gasteiger partial charge in [0.2, 0.25) is 5.91 Å². The van der Waals surface area contributed by atoms with E-state index in [9.17, 15) is 4.79 Å². The predicted octanol–water partition coefficient (Wildman–Crippen LogP) is 2.26. The molecule has 0 bridgehead atoms. The van der Waals surface area contributed by atoms with E-state index in [0.29, 0.717) is 19.6 Å². The Morgan fingerprint density at radius 2 is 2.29 bits per heavy atom. The zero-order chi connectivity index (χ0) is 16.9. The number of aromatic nitrogens is 2. The minimum atomic E-state index is 0.0264. The fourth-order valence-electron chi connectivity index (χ4n) is 2.93. The van der Waals surface area contributed by atoms with Gasteiger partial charge in [0, 0.05) is 49.5 Å². The van der Waals surface area contributed by atoms with Crippen molar-refractivity contribution < 1.29 is 9.53 Å². The molecule has 0 radical (unpaired) electrons. The van der Waals surface area contributed by atoms with Gasteiger partial charge in [-0.25, -0.2) is 4.98 Å². The van der Waals surface area contributed by atoms with E-state index < -0.39 is 0 Å². The lowest BCUT2D eigenvalue weighted by molar-refractivity contribution is -0.120. The molecule has 6 nitrogen and oxygen atoms in total. The largest absolute Gasteiger partial charge is 0.374 e. The number of carbonyl (C=O) groups is 1. The molecule has 2 unspecified atom stereocenters. The third kappa shape index (κ3) is 4.23. The average Bonchev–Trinajstić information content (AvgIpc) is 3.25. The van der Waals surface area contributed by atoms with Crippen LogP contribution in [0.25, 0.3) is 0 Å². The molecule has 0 spiro atoms. The quantitative estimate of drug-likeness (QED) is 0.803. The molecule has 3 heterocycles. The van der Waals surface area contributed by atoms with Crippen LogP contribution >= 0.6 is 11.3 Å². The van der Waals surface area contributed by atoms with Gasteiger partial charge in [0.1, 0.15) is 0 Å². The molecule has 0 N–H and O–H groups in total. The summed E-state index contributed by atoms with van der Waals surface area (Å²) in [5, 5.41) is 2.65. The van der Waals surface area contributed by atoms with Gasteiger partial charge in [-0.15, -0.1) is 11.3 Å². The number of hydrogen-bond donors (Lipinski definition) is 0. The van der Waals surface area contributed by atoms with Crippen LogP contribution < -0.4 is 4.90 Å². The van der Waals surface area contributed by atoms with Crippen LogP contribution in [0, 0.1) is 0 Å².